The second kappa shape index (κ2) is 11.4. The Bertz CT molecular complexity index is 2100. The molecule has 1 amide bonds. The minimum Gasteiger partial charge on any atom is -0.353 e. The third kappa shape index (κ3) is 6.15. The fourth-order valence-corrected chi connectivity index (χ4v) is 5.46. The Morgan fingerprint density at radius 2 is 1.77 bits per heavy atom. The number of H-pyrrole nitrogens is 2. The van der Waals surface area contributed by atoms with E-state index < -0.39 is 15.8 Å². The average molecular weight is 598 g/mol. The lowest BCUT2D eigenvalue weighted by molar-refractivity contribution is -0.116. The second-order valence-electron chi connectivity index (χ2n) is 10.3. The number of aromatic amines is 2. The first kappa shape index (κ1) is 28.2. The Morgan fingerprint density at radius 1 is 0.930 bits per heavy atom. The van der Waals surface area contributed by atoms with E-state index in [2.05, 4.69) is 35.2 Å². The van der Waals surface area contributed by atoms with Gasteiger partial charge in [-0.3, -0.25) is 19.9 Å². The molecule has 0 fully saturated rings. The highest BCUT2D eigenvalue weighted by molar-refractivity contribution is 7.88. The maximum absolute atomic E-state index is 14.6. The van der Waals surface area contributed by atoms with Crippen molar-refractivity contribution in [2.75, 3.05) is 11.6 Å². The molecule has 2 aromatic carbocycles. The SMILES string of the molecule is CCCC(=O)Nc1cncc(-c2ccc3[nH]nc(-c4cc5c(-c6cc(F)cc(CNS(C)(=O)=O)c6)nccc5[nH]4)c3c2)c1. The van der Waals surface area contributed by atoms with Crippen LogP contribution in [-0.2, 0) is 21.4 Å². The van der Waals surface area contributed by atoms with Crippen molar-refractivity contribution in [3.8, 4) is 33.8 Å². The number of hydrogen-bond acceptors (Lipinski definition) is 6. The molecule has 12 heteroatoms. The highest BCUT2D eigenvalue weighted by Gasteiger charge is 2.16. The van der Waals surface area contributed by atoms with Crippen LogP contribution in [0.15, 0.2) is 73.2 Å². The van der Waals surface area contributed by atoms with Crippen LogP contribution in [0, 0.1) is 5.82 Å². The molecule has 0 saturated heterocycles. The van der Waals surface area contributed by atoms with Gasteiger partial charge in [0.05, 0.1) is 35.0 Å². The van der Waals surface area contributed by atoms with Crippen molar-refractivity contribution in [3.63, 3.8) is 0 Å². The van der Waals surface area contributed by atoms with Crippen molar-refractivity contribution in [3.05, 3.63) is 84.6 Å². The number of rotatable bonds is 9. The first-order chi connectivity index (χ1) is 20.7. The van der Waals surface area contributed by atoms with E-state index in [-0.39, 0.29) is 12.5 Å². The number of amides is 1. The predicted molar refractivity (Wildman–Crippen MR) is 165 cm³/mol. The first-order valence-corrected chi connectivity index (χ1v) is 15.5. The lowest BCUT2D eigenvalue weighted by atomic mass is 10.0. The molecule has 0 aliphatic heterocycles. The molecule has 6 rings (SSSR count). The minimum atomic E-state index is -3.44. The number of carbonyl (C=O) groups is 1. The van der Waals surface area contributed by atoms with Gasteiger partial charge in [0.25, 0.3) is 0 Å². The molecule has 0 spiro atoms. The third-order valence-corrected chi connectivity index (χ3v) is 7.64. The Kier molecular flexibility index (Phi) is 7.46. The molecule has 0 aliphatic rings. The van der Waals surface area contributed by atoms with E-state index in [1.807, 2.05) is 43.3 Å². The summed E-state index contributed by atoms with van der Waals surface area (Å²) in [5.41, 5.74) is 6.98. The summed E-state index contributed by atoms with van der Waals surface area (Å²) in [7, 11) is -3.44. The third-order valence-electron chi connectivity index (χ3n) is 6.97. The molecule has 10 nitrogen and oxygen atoms in total. The zero-order chi connectivity index (χ0) is 30.1. The highest BCUT2D eigenvalue weighted by Crippen LogP contribution is 2.35. The van der Waals surface area contributed by atoms with Gasteiger partial charge >= 0.3 is 0 Å². The van der Waals surface area contributed by atoms with Crippen molar-refractivity contribution >= 4 is 43.4 Å². The molecule has 0 saturated carbocycles. The van der Waals surface area contributed by atoms with Crippen LogP contribution < -0.4 is 10.0 Å². The molecule has 0 aliphatic carbocycles. The smallest absolute Gasteiger partial charge is 0.224 e. The van der Waals surface area contributed by atoms with Crippen LogP contribution in [0.25, 0.3) is 55.6 Å². The standard InChI is InChI=1S/C31H28FN7O3S/c1-3-4-29(40)36-23-12-21(16-33-17-23)19-5-6-27-24(13-19)31(39-38-27)28-14-25-26(37-28)7-8-34-30(25)20-9-18(10-22(32)11-20)15-35-43(2,41)42/h5-14,16-17,35,37H,3-4,15H2,1-2H3,(H,36,40)(H,38,39). The molecule has 4 heterocycles. The quantitative estimate of drug-likeness (QED) is 0.167. The molecular weight excluding hydrogens is 569 g/mol. The Balaban J connectivity index is 1.37. The normalized spacial score (nSPS) is 11.8. The number of carbonyl (C=O) groups excluding carboxylic acids is 1. The molecular formula is C31H28FN7O3S. The van der Waals surface area contributed by atoms with Gasteiger partial charge in [-0.2, -0.15) is 5.10 Å². The number of benzene rings is 2. The number of pyridine rings is 2. The number of halogens is 1. The average Bonchev–Trinajstić information content (AvgIpc) is 3.59. The Hall–Kier alpha value is -4.94. The van der Waals surface area contributed by atoms with Crippen LogP contribution in [-0.4, -0.2) is 45.7 Å². The maximum atomic E-state index is 14.6. The molecule has 4 aromatic heterocycles. The van der Waals surface area contributed by atoms with Crippen LogP contribution in [0.5, 0.6) is 0 Å². The number of fused-ring (bicyclic) bond motifs is 2. The van der Waals surface area contributed by atoms with Crippen molar-refractivity contribution in [1.82, 2.24) is 29.9 Å². The molecule has 0 bridgehead atoms. The maximum Gasteiger partial charge on any atom is 0.224 e. The van der Waals surface area contributed by atoms with Gasteiger partial charge in [-0.05, 0) is 66.1 Å². The molecule has 218 valence electrons. The molecule has 43 heavy (non-hydrogen) atoms. The van der Waals surface area contributed by atoms with Gasteiger partial charge in [-0.25, -0.2) is 17.5 Å². The van der Waals surface area contributed by atoms with E-state index in [1.54, 1.807) is 24.7 Å². The van der Waals surface area contributed by atoms with Crippen LogP contribution in [0.3, 0.4) is 0 Å². The lowest BCUT2D eigenvalue weighted by Crippen LogP contribution is -2.21. The Morgan fingerprint density at radius 3 is 2.58 bits per heavy atom. The zero-order valence-corrected chi connectivity index (χ0v) is 24.2. The fourth-order valence-electron chi connectivity index (χ4n) is 5.03. The fraction of sp³-hybridized carbons (Fsp3) is 0.161. The summed E-state index contributed by atoms with van der Waals surface area (Å²) in [5.74, 6) is -0.548. The topological polar surface area (TPSA) is 146 Å². The Labute approximate surface area is 246 Å². The van der Waals surface area contributed by atoms with Crippen molar-refractivity contribution in [2.45, 2.75) is 26.3 Å². The van der Waals surface area contributed by atoms with E-state index in [1.165, 1.54) is 12.1 Å². The van der Waals surface area contributed by atoms with Gasteiger partial charge in [-0.1, -0.05) is 13.0 Å². The van der Waals surface area contributed by atoms with E-state index in [9.17, 15) is 17.6 Å². The molecule has 0 radical (unpaired) electrons. The van der Waals surface area contributed by atoms with Gasteiger partial charge in [0.1, 0.15) is 11.5 Å². The number of aromatic nitrogens is 5. The van der Waals surface area contributed by atoms with Gasteiger partial charge < -0.3 is 10.3 Å². The summed E-state index contributed by atoms with van der Waals surface area (Å²) in [6.07, 6.45) is 7.26. The van der Waals surface area contributed by atoms with Crippen LogP contribution >= 0.6 is 0 Å². The number of nitrogens with zero attached hydrogens (tertiary/aromatic N) is 3. The van der Waals surface area contributed by atoms with E-state index in [4.69, 9.17) is 0 Å². The monoisotopic (exact) mass is 597 g/mol. The van der Waals surface area contributed by atoms with Gasteiger partial charge in [-0.15, -0.1) is 0 Å². The number of hydrogen-bond donors (Lipinski definition) is 4. The van der Waals surface area contributed by atoms with Gasteiger partial charge in [0.2, 0.25) is 15.9 Å². The van der Waals surface area contributed by atoms with E-state index in [0.717, 1.165) is 51.3 Å². The molecule has 4 N–H and O–H groups in total. The van der Waals surface area contributed by atoms with Crippen molar-refractivity contribution in [2.24, 2.45) is 0 Å². The van der Waals surface area contributed by atoms with Gasteiger partial charge in [0.15, 0.2) is 0 Å². The summed E-state index contributed by atoms with van der Waals surface area (Å²) < 4.78 is 40.1. The number of anilines is 1. The van der Waals surface area contributed by atoms with E-state index >= 15 is 0 Å². The molecule has 6 aromatic rings. The zero-order valence-electron chi connectivity index (χ0n) is 23.4. The summed E-state index contributed by atoms with van der Waals surface area (Å²) in [6, 6.07) is 16.0. The second-order valence-corrected chi connectivity index (χ2v) is 12.2. The van der Waals surface area contributed by atoms with Crippen LogP contribution in [0.1, 0.15) is 25.3 Å². The van der Waals surface area contributed by atoms with Gasteiger partial charge in [0, 0.05) is 52.8 Å². The highest BCUT2D eigenvalue weighted by atomic mass is 32.2. The molecule has 0 atom stereocenters. The summed E-state index contributed by atoms with van der Waals surface area (Å²) in [4.78, 5) is 24.3. The summed E-state index contributed by atoms with van der Waals surface area (Å²) in [6.45, 7) is 1.92. The van der Waals surface area contributed by atoms with E-state index in [0.29, 0.717) is 34.6 Å². The molecule has 0 unspecified atom stereocenters. The predicted octanol–water partition coefficient (Wildman–Crippen LogP) is 5.76. The van der Waals surface area contributed by atoms with Crippen LogP contribution in [0.4, 0.5) is 10.1 Å². The number of nitrogens with one attached hydrogen (secondary N) is 4. The summed E-state index contributed by atoms with van der Waals surface area (Å²) >= 11 is 0. The van der Waals surface area contributed by atoms with Crippen molar-refractivity contribution in [1.29, 1.82) is 0 Å². The largest absolute Gasteiger partial charge is 0.353 e. The lowest BCUT2D eigenvalue weighted by Gasteiger charge is -2.08. The van der Waals surface area contributed by atoms with Crippen LogP contribution in [0.2, 0.25) is 0 Å². The summed E-state index contributed by atoms with van der Waals surface area (Å²) in [5, 5.41) is 12.2. The minimum absolute atomic E-state index is 0.0386. The first-order valence-electron chi connectivity index (χ1n) is 13.6. The number of sulfonamides is 1. The van der Waals surface area contributed by atoms with Crippen molar-refractivity contribution < 1.29 is 17.6 Å².